The van der Waals surface area contributed by atoms with Gasteiger partial charge in [0.05, 0.1) is 0 Å². The van der Waals surface area contributed by atoms with Crippen LogP contribution in [0.5, 0.6) is 11.5 Å². The maximum Gasteiger partial charge on any atom is 0.363 e. The van der Waals surface area contributed by atoms with E-state index in [0.717, 1.165) is 11.1 Å². The number of benzene rings is 2. The fourth-order valence-corrected chi connectivity index (χ4v) is 2.14. The molecule has 0 aliphatic rings. The molecule has 0 amide bonds. The van der Waals surface area contributed by atoms with Gasteiger partial charge in [-0.2, -0.15) is 0 Å². The lowest BCUT2D eigenvalue weighted by Gasteiger charge is -2.06. The third-order valence-corrected chi connectivity index (χ3v) is 3.38. The number of hydrogen-bond donors (Lipinski definition) is 0. The minimum Gasteiger partial charge on any atom is -0.453 e. The van der Waals surface area contributed by atoms with Gasteiger partial charge < -0.3 is 14.9 Å². The van der Waals surface area contributed by atoms with Crippen LogP contribution in [0.1, 0.15) is 5.56 Å². The Bertz CT molecular complexity index is 810. The van der Waals surface area contributed by atoms with Crippen LogP contribution in [0.15, 0.2) is 66.9 Å². The van der Waals surface area contributed by atoms with Crippen molar-refractivity contribution in [1.29, 1.82) is 0 Å². The van der Waals surface area contributed by atoms with E-state index >= 15 is 0 Å². The molecule has 0 spiro atoms. The number of hydrogen-bond acceptors (Lipinski definition) is 4. The third-order valence-electron chi connectivity index (χ3n) is 3.38. The minimum absolute atomic E-state index is 0.202. The summed E-state index contributed by atoms with van der Waals surface area (Å²) in [5.74, 6) is 0.905. The summed E-state index contributed by atoms with van der Waals surface area (Å²) in [5, 5.41) is 10.6. The van der Waals surface area contributed by atoms with Crippen LogP contribution in [0.4, 0.5) is 5.82 Å². The molecule has 3 rings (SSSR count). The summed E-state index contributed by atoms with van der Waals surface area (Å²) < 4.78 is 5.64. The molecule has 5 heteroatoms. The summed E-state index contributed by atoms with van der Waals surface area (Å²) in [6.07, 6.45) is 1.34. The molecule has 23 heavy (non-hydrogen) atoms. The van der Waals surface area contributed by atoms with Crippen molar-refractivity contribution in [1.82, 2.24) is 4.98 Å². The van der Waals surface area contributed by atoms with Crippen molar-refractivity contribution in [3.05, 3.63) is 82.5 Å². The normalized spacial score (nSPS) is 10.3. The highest BCUT2D eigenvalue weighted by Gasteiger charge is 2.07. The maximum atomic E-state index is 10.6. The Labute approximate surface area is 133 Å². The van der Waals surface area contributed by atoms with E-state index in [2.05, 4.69) is 36.2 Å². The first-order valence-corrected chi connectivity index (χ1v) is 7.07. The van der Waals surface area contributed by atoms with E-state index in [1.165, 1.54) is 23.9 Å². The fourth-order valence-electron chi connectivity index (χ4n) is 2.14. The highest BCUT2D eigenvalue weighted by atomic mass is 16.6. The molecule has 2 aromatic carbocycles. The summed E-state index contributed by atoms with van der Waals surface area (Å²) in [7, 11) is 0. The van der Waals surface area contributed by atoms with Gasteiger partial charge in [-0.05, 0) is 46.2 Å². The quantitative estimate of drug-likeness (QED) is 0.515. The van der Waals surface area contributed by atoms with Gasteiger partial charge in [-0.25, -0.2) is 0 Å². The lowest BCUT2D eigenvalue weighted by atomic mass is 10.0. The van der Waals surface area contributed by atoms with Crippen LogP contribution < -0.4 is 4.74 Å². The molecule has 0 N–H and O–H groups in total. The largest absolute Gasteiger partial charge is 0.453 e. The van der Waals surface area contributed by atoms with Crippen LogP contribution >= 0.6 is 0 Å². The Morgan fingerprint density at radius 2 is 1.43 bits per heavy atom. The number of pyridine rings is 1. The Balaban J connectivity index is 1.74. The van der Waals surface area contributed by atoms with Gasteiger partial charge in [-0.1, -0.05) is 42.0 Å². The summed E-state index contributed by atoms with van der Waals surface area (Å²) in [4.78, 5) is 13.7. The van der Waals surface area contributed by atoms with E-state index in [1.54, 1.807) is 0 Å². The van der Waals surface area contributed by atoms with Gasteiger partial charge in [0.1, 0.15) is 5.75 Å². The first-order chi connectivity index (χ1) is 11.1. The average molecular weight is 306 g/mol. The molecule has 1 heterocycles. The van der Waals surface area contributed by atoms with E-state index in [9.17, 15) is 10.1 Å². The number of nitro groups is 1. The molecule has 114 valence electrons. The number of aryl methyl sites for hydroxylation is 1. The van der Waals surface area contributed by atoms with Crippen LogP contribution in [0.25, 0.3) is 11.1 Å². The zero-order valence-electron chi connectivity index (χ0n) is 12.5. The molecule has 0 fully saturated rings. The first-order valence-electron chi connectivity index (χ1n) is 7.07. The number of nitrogens with zero attached hydrogens (tertiary/aromatic N) is 2. The summed E-state index contributed by atoms with van der Waals surface area (Å²) >= 11 is 0. The van der Waals surface area contributed by atoms with E-state index in [-0.39, 0.29) is 5.82 Å². The van der Waals surface area contributed by atoms with E-state index < -0.39 is 4.92 Å². The van der Waals surface area contributed by atoms with Crippen molar-refractivity contribution in [3.8, 4) is 22.6 Å². The minimum atomic E-state index is -0.542. The second kappa shape index (κ2) is 6.27. The molecular weight excluding hydrogens is 292 g/mol. The standard InChI is InChI=1S/C18H14N2O3/c1-13-2-4-14(5-3-13)15-6-8-16(9-7-15)23-17-10-11-18(19-12-17)20(21)22/h2-12H,1H3. The molecule has 3 aromatic rings. The lowest BCUT2D eigenvalue weighted by molar-refractivity contribution is -0.389. The molecular formula is C18H14N2O3. The summed E-state index contributed by atoms with van der Waals surface area (Å²) in [5.41, 5.74) is 3.46. The molecule has 5 nitrogen and oxygen atoms in total. The molecule has 0 bridgehead atoms. The SMILES string of the molecule is Cc1ccc(-c2ccc(Oc3ccc([N+](=O)[O-])nc3)cc2)cc1. The number of aromatic nitrogens is 1. The summed E-state index contributed by atoms with van der Waals surface area (Å²) in [6, 6.07) is 18.8. The van der Waals surface area contributed by atoms with Gasteiger partial charge in [0.2, 0.25) is 0 Å². The smallest absolute Gasteiger partial charge is 0.363 e. The van der Waals surface area contributed by atoms with Crippen LogP contribution in [-0.4, -0.2) is 9.91 Å². The Kier molecular flexibility index (Phi) is 4.01. The molecule has 0 aliphatic heterocycles. The van der Waals surface area contributed by atoms with Crippen molar-refractivity contribution in [2.45, 2.75) is 6.92 Å². The Morgan fingerprint density at radius 1 is 0.870 bits per heavy atom. The van der Waals surface area contributed by atoms with Crippen molar-refractivity contribution >= 4 is 5.82 Å². The highest BCUT2D eigenvalue weighted by molar-refractivity contribution is 5.64. The van der Waals surface area contributed by atoms with E-state index in [4.69, 9.17) is 4.74 Å². The average Bonchev–Trinajstić information content (AvgIpc) is 2.57. The predicted octanol–water partition coefficient (Wildman–Crippen LogP) is 4.76. The third kappa shape index (κ3) is 3.52. The van der Waals surface area contributed by atoms with Gasteiger partial charge in [0.15, 0.2) is 11.9 Å². The molecule has 0 saturated carbocycles. The van der Waals surface area contributed by atoms with Crippen LogP contribution in [0.2, 0.25) is 0 Å². The highest BCUT2D eigenvalue weighted by Crippen LogP contribution is 2.26. The van der Waals surface area contributed by atoms with Crippen LogP contribution in [0, 0.1) is 17.0 Å². The molecule has 0 saturated heterocycles. The molecule has 0 unspecified atom stereocenters. The second-order valence-corrected chi connectivity index (χ2v) is 5.10. The predicted molar refractivity (Wildman–Crippen MR) is 87.6 cm³/mol. The van der Waals surface area contributed by atoms with Gasteiger partial charge in [-0.3, -0.25) is 0 Å². The number of rotatable bonds is 4. The topological polar surface area (TPSA) is 65.3 Å². The lowest BCUT2D eigenvalue weighted by Crippen LogP contribution is -1.92. The Hall–Kier alpha value is -3.21. The second-order valence-electron chi connectivity index (χ2n) is 5.10. The van der Waals surface area contributed by atoms with Gasteiger partial charge >= 0.3 is 5.82 Å². The first kappa shape index (κ1) is 14.7. The zero-order valence-corrected chi connectivity index (χ0v) is 12.5. The van der Waals surface area contributed by atoms with E-state index in [0.29, 0.717) is 11.5 Å². The van der Waals surface area contributed by atoms with Crippen molar-refractivity contribution in [2.75, 3.05) is 0 Å². The molecule has 0 aliphatic carbocycles. The molecule has 0 radical (unpaired) electrons. The van der Waals surface area contributed by atoms with E-state index in [1.807, 2.05) is 24.3 Å². The van der Waals surface area contributed by atoms with Crippen molar-refractivity contribution in [3.63, 3.8) is 0 Å². The van der Waals surface area contributed by atoms with Gasteiger partial charge in [0, 0.05) is 6.07 Å². The van der Waals surface area contributed by atoms with Crippen LogP contribution in [-0.2, 0) is 0 Å². The van der Waals surface area contributed by atoms with Gasteiger partial charge in [-0.15, -0.1) is 0 Å². The Morgan fingerprint density at radius 3 is 1.96 bits per heavy atom. The van der Waals surface area contributed by atoms with Crippen molar-refractivity contribution in [2.24, 2.45) is 0 Å². The van der Waals surface area contributed by atoms with Crippen LogP contribution in [0.3, 0.4) is 0 Å². The molecule has 0 atom stereocenters. The fraction of sp³-hybridized carbons (Fsp3) is 0.0556. The molecule has 1 aromatic heterocycles. The summed E-state index contributed by atoms with van der Waals surface area (Å²) in [6.45, 7) is 2.05. The maximum absolute atomic E-state index is 10.6. The monoisotopic (exact) mass is 306 g/mol. The van der Waals surface area contributed by atoms with Crippen molar-refractivity contribution < 1.29 is 9.66 Å². The number of ether oxygens (including phenoxy) is 1. The van der Waals surface area contributed by atoms with Gasteiger partial charge in [0.25, 0.3) is 0 Å². The zero-order chi connectivity index (χ0) is 16.2.